The molecule has 0 unspecified atom stereocenters. The zero-order valence-electron chi connectivity index (χ0n) is 10.9. The topological polar surface area (TPSA) is 63.8 Å². The molecule has 0 atom stereocenters. The van der Waals surface area contributed by atoms with E-state index < -0.39 is 0 Å². The van der Waals surface area contributed by atoms with Crippen LogP contribution >= 0.6 is 11.8 Å². The van der Waals surface area contributed by atoms with Gasteiger partial charge in [0.25, 0.3) is 0 Å². The Morgan fingerprint density at radius 2 is 2.18 bits per heavy atom. The Labute approximate surface area is 108 Å². The van der Waals surface area contributed by atoms with Gasteiger partial charge in [-0.25, -0.2) is 15.8 Å². The molecule has 96 valence electrons. The summed E-state index contributed by atoms with van der Waals surface area (Å²) >= 11 is 1.77. The summed E-state index contributed by atoms with van der Waals surface area (Å²) in [5.41, 5.74) is 2.60. The lowest BCUT2D eigenvalue weighted by molar-refractivity contribution is 0.632. The molecule has 17 heavy (non-hydrogen) atoms. The van der Waals surface area contributed by atoms with Gasteiger partial charge in [-0.2, -0.15) is 0 Å². The van der Waals surface area contributed by atoms with E-state index in [2.05, 4.69) is 36.2 Å². The van der Waals surface area contributed by atoms with Crippen LogP contribution in [0.3, 0.4) is 0 Å². The molecule has 4 nitrogen and oxygen atoms in total. The first-order valence-electron chi connectivity index (χ1n) is 6.13. The van der Waals surface area contributed by atoms with Crippen LogP contribution in [0, 0.1) is 5.92 Å². The second-order valence-corrected chi connectivity index (χ2v) is 5.55. The van der Waals surface area contributed by atoms with Crippen molar-refractivity contribution in [2.24, 2.45) is 11.8 Å². The van der Waals surface area contributed by atoms with Gasteiger partial charge in [0, 0.05) is 12.5 Å². The molecule has 0 aliphatic rings. The Kier molecular flexibility index (Phi) is 6.29. The molecular formula is C12H22N4S. The molecule has 1 aromatic rings. The van der Waals surface area contributed by atoms with Crippen LogP contribution in [0.25, 0.3) is 0 Å². The second-order valence-electron chi connectivity index (χ2n) is 4.43. The Morgan fingerprint density at radius 3 is 2.76 bits per heavy atom. The number of rotatable bonds is 7. The fourth-order valence-corrected chi connectivity index (χ4v) is 2.52. The SMILES string of the molecule is CCCc1nc(NN)cc(SCCC(C)C)n1. The van der Waals surface area contributed by atoms with Gasteiger partial charge in [0.2, 0.25) is 0 Å². The van der Waals surface area contributed by atoms with Crippen molar-refractivity contribution in [2.45, 2.75) is 45.1 Å². The maximum atomic E-state index is 5.41. The van der Waals surface area contributed by atoms with Crippen molar-refractivity contribution in [1.82, 2.24) is 9.97 Å². The monoisotopic (exact) mass is 254 g/mol. The number of aryl methyl sites for hydroxylation is 1. The predicted octanol–water partition coefficient (Wildman–Crippen LogP) is 2.85. The second kappa shape index (κ2) is 7.50. The molecule has 1 aromatic heterocycles. The summed E-state index contributed by atoms with van der Waals surface area (Å²) < 4.78 is 0. The van der Waals surface area contributed by atoms with E-state index in [1.165, 1.54) is 6.42 Å². The number of thioether (sulfide) groups is 1. The third-order valence-electron chi connectivity index (χ3n) is 2.32. The first-order chi connectivity index (χ1) is 8.15. The molecule has 0 saturated carbocycles. The number of hydrogen-bond acceptors (Lipinski definition) is 5. The van der Waals surface area contributed by atoms with Crippen molar-refractivity contribution in [3.8, 4) is 0 Å². The number of hydrazine groups is 1. The van der Waals surface area contributed by atoms with Crippen LogP contribution in [0.1, 0.15) is 39.4 Å². The van der Waals surface area contributed by atoms with E-state index in [9.17, 15) is 0 Å². The zero-order chi connectivity index (χ0) is 12.7. The van der Waals surface area contributed by atoms with Crippen molar-refractivity contribution in [1.29, 1.82) is 0 Å². The predicted molar refractivity (Wildman–Crippen MR) is 74.0 cm³/mol. The van der Waals surface area contributed by atoms with Crippen LogP contribution < -0.4 is 11.3 Å². The van der Waals surface area contributed by atoms with Gasteiger partial charge in [0.1, 0.15) is 16.7 Å². The van der Waals surface area contributed by atoms with Crippen molar-refractivity contribution >= 4 is 17.6 Å². The van der Waals surface area contributed by atoms with Gasteiger partial charge in [0.05, 0.1) is 0 Å². The summed E-state index contributed by atoms with van der Waals surface area (Å²) in [5, 5.41) is 1.01. The lowest BCUT2D eigenvalue weighted by Gasteiger charge is -2.07. The smallest absolute Gasteiger partial charge is 0.144 e. The minimum atomic E-state index is 0.704. The zero-order valence-corrected chi connectivity index (χ0v) is 11.7. The first kappa shape index (κ1) is 14.3. The summed E-state index contributed by atoms with van der Waals surface area (Å²) in [6.07, 6.45) is 3.14. The molecule has 0 aliphatic heterocycles. The summed E-state index contributed by atoms with van der Waals surface area (Å²) in [5.74, 6) is 8.80. The Morgan fingerprint density at radius 1 is 1.41 bits per heavy atom. The van der Waals surface area contributed by atoms with E-state index >= 15 is 0 Å². The number of nitrogens with two attached hydrogens (primary N) is 1. The van der Waals surface area contributed by atoms with Gasteiger partial charge in [-0.3, -0.25) is 0 Å². The summed E-state index contributed by atoms with van der Waals surface area (Å²) in [4.78, 5) is 8.85. The standard InChI is InChI=1S/C12H22N4S/c1-4-5-10-14-11(16-13)8-12(15-10)17-7-6-9(2)3/h8-9H,4-7,13H2,1-3H3,(H,14,15,16). The lowest BCUT2D eigenvalue weighted by Crippen LogP contribution is -2.10. The van der Waals surface area contributed by atoms with Gasteiger partial charge in [-0.1, -0.05) is 20.8 Å². The minimum Gasteiger partial charge on any atom is -0.308 e. The van der Waals surface area contributed by atoms with Gasteiger partial charge in [-0.15, -0.1) is 11.8 Å². The molecule has 0 amide bonds. The van der Waals surface area contributed by atoms with E-state index in [4.69, 9.17) is 5.84 Å². The molecule has 0 bridgehead atoms. The maximum Gasteiger partial charge on any atom is 0.144 e. The number of hydrogen-bond donors (Lipinski definition) is 2. The average Bonchev–Trinajstić information content (AvgIpc) is 2.28. The van der Waals surface area contributed by atoms with E-state index in [-0.39, 0.29) is 0 Å². The first-order valence-corrected chi connectivity index (χ1v) is 7.11. The van der Waals surface area contributed by atoms with Crippen molar-refractivity contribution in [3.05, 3.63) is 11.9 Å². The fraction of sp³-hybridized carbons (Fsp3) is 0.667. The molecule has 1 heterocycles. The van der Waals surface area contributed by atoms with Crippen molar-refractivity contribution in [2.75, 3.05) is 11.2 Å². The number of nitrogens with one attached hydrogen (secondary N) is 1. The minimum absolute atomic E-state index is 0.704. The average molecular weight is 254 g/mol. The van der Waals surface area contributed by atoms with Crippen molar-refractivity contribution < 1.29 is 0 Å². The Hall–Kier alpha value is -0.810. The molecule has 0 radical (unpaired) electrons. The molecule has 0 aliphatic carbocycles. The molecule has 1 rings (SSSR count). The van der Waals surface area contributed by atoms with E-state index in [1.54, 1.807) is 11.8 Å². The molecule has 3 N–H and O–H groups in total. The Bertz CT molecular complexity index is 341. The van der Waals surface area contributed by atoms with E-state index in [0.29, 0.717) is 5.82 Å². The van der Waals surface area contributed by atoms with Crippen LogP contribution in [0.5, 0.6) is 0 Å². The Balaban J connectivity index is 2.66. The van der Waals surface area contributed by atoms with Crippen molar-refractivity contribution in [3.63, 3.8) is 0 Å². The van der Waals surface area contributed by atoms with E-state index in [1.807, 2.05) is 6.07 Å². The quantitative estimate of drug-likeness (QED) is 0.339. The third-order valence-corrected chi connectivity index (χ3v) is 3.26. The van der Waals surface area contributed by atoms with Crippen LogP contribution in [-0.4, -0.2) is 15.7 Å². The van der Waals surface area contributed by atoms with Gasteiger partial charge in [0.15, 0.2) is 0 Å². The molecule has 0 aromatic carbocycles. The highest BCUT2D eigenvalue weighted by Crippen LogP contribution is 2.21. The highest BCUT2D eigenvalue weighted by molar-refractivity contribution is 7.99. The molecule has 0 spiro atoms. The molecule has 5 heteroatoms. The number of nitrogen functional groups attached to an aromatic ring is 1. The fourth-order valence-electron chi connectivity index (χ4n) is 1.36. The highest BCUT2D eigenvalue weighted by atomic mass is 32.2. The lowest BCUT2D eigenvalue weighted by atomic mass is 10.2. The van der Waals surface area contributed by atoms with Crippen LogP contribution in [-0.2, 0) is 6.42 Å². The van der Waals surface area contributed by atoms with Gasteiger partial charge >= 0.3 is 0 Å². The number of nitrogens with zero attached hydrogens (tertiary/aromatic N) is 2. The van der Waals surface area contributed by atoms with Gasteiger partial charge < -0.3 is 5.43 Å². The summed E-state index contributed by atoms with van der Waals surface area (Å²) in [6.45, 7) is 6.59. The highest BCUT2D eigenvalue weighted by Gasteiger charge is 2.04. The van der Waals surface area contributed by atoms with E-state index in [0.717, 1.165) is 35.4 Å². The number of anilines is 1. The largest absolute Gasteiger partial charge is 0.308 e. The molecule has 0 fully saturated rings. The van der Waals surface area contributed by atoms with Crippen LogP contribution in [0.15, 0.2) is 11.1 Å². The molecular weight excluding hydrogens is 232 g/mol. The van der Waals surface area contributed by atoms with Crippen LogP contribution in [0.4, 0.5) is 5.82 Å². The van der Waals surface area contributed by atoms with Gasteiger partial charge in [-0.05, 0) is 24.5 Å². The third kappa shape index (κ3) is 5.37. The maximum absolute atomic E-state index is 5.41. The summed E-state index contributed by atoms with van der Waals surface area (Å²) in [6, 6.07) is 1.91. The normalized spacial score (nSPS) is 10.9. The van der Waals surface area contributed by atoms with Crippen LogP contribution in [0.2, 0.25) is 0 Å². The number of aromatic nitrogens is 2. The summed E-state index contributed by atoms with van der Waals surface area (Å²) in [7, 11) is 0. The molecule has 0 saturated heterocycles.